The predicted octanol–water partition coefficient (Wildman–Crippen LogP) is 6.05. The molecule has 15 unspecified atom stereocenters. The Balaban J connectivity index is 1.48. The standard InChI is InChI=1S/C32H58N4/c1-9-21-17(5)25-13-26-19(7)23(11-3)31(35-26)16-32-24(12-4)20(8)28(36-32)14-27-18(6)22(10-2)30(34-27)15-29(21)33-25/h17-27,29-35H,9-16H2,1-8H3. The third-order valence-corrected chi connectivity index (χ3v) is 12.6. The second-order valence-corrected chi connectivity index (χ2v) is 13.9. The molecule has 5 aliphatic heterocycles. The van der Waals surface area contributed by atoms with Crippen molar-refractivity contribution in [3.8, 4) is 0 Å². The van der Waals surface area contributed by atoms with Gasteiger partial charge in [0.1, 0.15) is 0 Å². The predicted molar refractivity (Wildman–Crippen MR) is 154 cm³/mol. The molecule has 8 bridgehead atoms. The molecule has 0 radical (unpaired) electrons. The van der Waals surface area contributed by atoms with Gasteiger partial charge in [-0.3, -0.25) is 4.99 Å². The summed E-state index contributed by atoms with van der Waals surface area (Å²) < 4.78 is 0. The summed E-state index contributed by atoms with van der Waals surface area (Å²) in [4.78, 5) is 5.57. The molecule has 0 aromatic rings. The molecule has 0 aliphatic carbocycles. The minimum atomic E-state index is 0.511. The van der Waals surface area contributed by atoms with Crippen LogP contribution in [0.5, 0.6) is 0 Å². The van der Waals surface area contributed by atoms with E-state index in [1.807, 2.05) is 0 Å². The monoisotopic (exact) mass is 498 g/mol. The first-order valence-electron chi connectivity index (χ1n) is 16.2. The molecule has 5 heterocycles. The largest absolute Gasteiger partial charge is 0.311 e. The van der Waals surface area contributed by atoms with Gasteiger partial charge >= 0.3 is 0 Å². The molecular formula is C32H58N4. The fraction of sp³-hybridized carbons (Fsp3) is 0.969. The zero-order valence-corrected chi connectivity index (χ0v) is 24.8. The quantitative estimate of drug-likeness (QED) is 0.442. The van der Waals surface area contributed by atoms with Crippen LogP contribution in [0, 0.1) is 47.3 Å². The van der Waals surface area contributed by atoms with Crippen molar-refractivity contribution in [2.24, 2.45) is 52.3 Å². The smallest absolute Gasteiger partial charge is 0.0548 e. The molecule has 0 aromatic heterocycles. The van der Waals surface area contributed by atoms with Crippen LogP contribution in [0.3, 0.4) is 0 Å². The Morgan fingerprint density at radius 1 is 0.556 bits per heavy atom. The summed E-state index contributed by atoms with van der Waals surface area (Å²) in [6.45, 7) is 19.8. The van der Waals surface area contributed by atoms with Gasteiger partial charge in [-0.05, 0) is 66.6 Å². The third-order valence-electron chi connectivity index (χ3n) is 12.6. The van der Waals surface area contributed by atoms with Gasteiger partial charge in [-0.15, -0.1) is 0 Å². The Morgan fingerprint density at radius 3 is 1.47 bits per heavy atom. The highest BCUT2D eigenvalue weighted by atomic mass is 15.1. The number of nitrogens with one attached hydrogen (secondary N) is 3. The van der Waals surface area contributed by atoms with Crippen LogP contribution in [0.2, 0.25) is 0 Å². The maximum Gasteiger partial charge on any atom is 0.0548 e. The van der Waals surface area contributed by atoms with Crippen molar-refractivity contribution in [1.29, 1.82) is 0 Å². The Hall–Kier alpha value is -0.450. The average Bonchev–Trinajstić information content (AvgIpc) is 3.51. The summed E-state index contributed by atoms with van der Waals surface area (Å²) in [6.07, 6.45) is 10.2. The van der Waals surface area contributed by atoms with Crippen molar-refractivity contribution >= 4 is 5.71 Å². The lowest BCUT2D eigenvalue weighted by molar-refractivity contribution is 0.283. The lowest BCUT2D eigenvalue weighted by Gasteiger charge is -2.27. The lowest BCUT2D eigenvalue weighted by atomic mass is 9.77. The zero-order valence-electron chi connectivity index (χ0n) is 24.8. The van der Waals surface area contributed by atoms with Crippen molar-refractivity contribution in [1.82, 2.24) is 16.0 Å². The van der Waals surface area contributed by atoms with Crippen LogP contribution < -0.4 is 16.0 Å². The molecule has 3 saturated heterocycles. The van der Waals surface area contributed by atoms with Crippen LogP contribution in [-0.2, 0) is 0 Å². The molecule has 0 saturated carbocycles. The number of aliphatic imine (C=N–C) groups is 1. The molecule has 36 heavy (non-hydrogen) atoms. The van der Waals surface area contributed by atoms with Crippen LogP contribution in [0.15, 0.2) is 4.99 Å². The number of nitrogens with zero attached hydrogens (tertiary/aromatic N) is 1. The zero-order chi connectivity index (χ0) is 25.7. The molecule has 5 aliphatic rings. The molecule has 0 aromatic carbocycles. The van der Waals surface area contributed by atoms with Gasteiger partial charge in [0.25, 0.3) is 0 Å². The molecular weight excluding hydrogens is 440 g/mol. The molecule has 206 valence electrons. The Labute approximate surface area is 223 Å². The molecule has 15 atom stereocenters. The van der Waals surface area contributed by atoms with E-state index >= 15 is 0 Å². The van der Waals surface area contributed by atoms with Crippen LogP contribution in [-0.4, -0.2) is 48.0 Å². The topological polar surface area (TPSA) is 48.4 Å². The number of hydrogen-bond acceptors (Lipinski definition) is 4. The average molecular weight is 499 g/mol. The summed E-state index contributed by atoms with van der Waals surface area (Å²) in [5.41, 5.74) is 1.54. The number of rotatable bonds is 4. The van der Waals surface area contributed by atoms with E-state index in [-0.39, 0.29) is 0 Å². The Bertz CT molecular complexity index is 780. The molecule has 3 fully saturated rings. The minimum Gasteiger partial charge on any atom is -0.311 e. The highest BCUT2D eigenvalue weighted by Crippen LogP contribution is 2.44. The van der Waals surface area contributed by atoms with Crippen molar-refractivity contribution in [2.75, 3.05) is 0 Å². The van der Waals surface area contributed by atoms with E-state index < -0.39 is 0 Å². The van der Waals surface area contributed by atoms with Crippen molar-refractivity contribution in [2.45, 2.75) is 149 Å². The maximum atomic E-state index is 5.57. The van der Waals surface area contributed by atoms with E-state index in [1.54, 1.807) is 0 Å². The van der Waals surface area contributed by atoms with Crippen LogP contribution in [0.1, 0.15) is 107 Å². The summed E-state index contributed by atoms with van der Waals surface area (Å²) in [6, 6.07) is 4.33. The Kier molecular flexibility index (Phi) is 8.26. The van der Waals surface area contributed by atoms with Gasteiger partial charge in [0, 0.05) is 48.4 Å². The first-order valence-corrected chi connectivity index (χ1v) is 16.2. The summed E-state index contributed by atoms with van der Waals surface area (Å²) >= 11 is 0. The van der Waals surface area contributed by atoms with Crippen molar-refractivity contribution in [3.05, 3.63) is 0 Å². The number of fused-ring (bicyclic) bond motifs is 7. The van der Waals surface area contributed by atoms with Crippen LogP contribution in [0.25, 0.3) is 0 Å². The molecule has 5 rings (SSSR count). The van der Waals surface area contributed by atoms with Gasteiger partial charge in [-0.2, -0.15) is 0 Å². The van der Waals surface area contributed by atoms with Crippen molar-refractivity contribution in [3.63, 3.8) is 0 Å². The first kappa shape index (κ1) is 27.1. The van der Waals surface area contributed by atoms with E-state index in [1.165, 1.54) is 57.1 Å². The van der Waals surface area contributed by atoms with E-state index in [4.69, 9.17) is 4.99 Å². The van der Waals surface area contributed by atoms with Crippen LogP contribution >= 0.6 is 0 Å². The summed E-state index contributed by atoms with van der Waals surface area (Å²) in [5.74, 6) is 6.01. The summed E-state index contributed by atoms with van der Waals surface area (Å²) in [5, 5.41) is 12.7. The first-order chi connectivity index (χ1) is 17.3. The molecule has 3 N–H and O–H groups in total. The molecule has 0 spiro atoms. The van der Waals surface area contributed by atoms with E-state index in [0.717, 1.165) is 41.4 Å². The fourth-order valence-corrected chi connectivity index (χ4v) is 10.3. The normalized spacial score (nSPS) is 53.1. The van der Waals surface area contributed by atoms with Gasteiger partial charge < -0.3 is 16.0 Å². The minimum absolute atomic E-state index is 0.511. The lowest BCUT2D eigenvalue weighted by Crippen LogP contribution is -2.43. The Morgan fingerprint density at radius 2 is 0.972 bits per heavy atom. The van der Waals surface area contributed by atoms with Gasteiger partial charge in [0.15, 0.2) is 0 Å². The van der Waals surface area contributed by atoms with Gasteiger partial charge in [0.2, 0.25) is 0 Å². The second kappa shape index (κ2) is 11.0. The van der Waals surface area contributed by atoms with E-state index in [2.05, 4.69) is 71.3 Å². The SMILES string of the molecule is CCC1C2CC3NC(CC4NC(CC5NC(CC(=N2)C1C)C(C)C5CC)C(CC)C4C)C(C)C3CC. The van der Waals surface area contributed by atoms with Crippen molar-refractivity contribution < 1.29 is 0 Å². The fourth-order valence-electron chi connectivity index (χ4n) is 10.3. The molecule has 0 amide bonds. The van der Waals surface area contributed by atoms with Gasteiger partial charge in [0.05, 0.1) is 6.04 Å². The van der Waals surface area contributed by atoms with E-state index in [0.29, 0.717) is 48.2 Å². The summed E-state index contributed by atoms with van der Waals surface area (Å²) in [7, 11) is 0. The highest BCUT2D eigenvalue weighted by molar-refractivity contribution is 5.89. The molecule has 4 heteroatoms. The van der Waals surface area contributed by atoms with Gasteiger partial charge in [-0.1, -0.05) is 81.1 Å². The second-order valence-electron chi connectivity index (χ2n) is 13.9. The van der Waals surface area contributed by atoms with E-state index in [9.17, 15) is 0 Å². The maximum absolute atomic E-state index is 5.57. The molecule has 4 nitrogen and oxygen atoms in total. The van der Waals surface area contributed by atoms with Gasteiger partial charge in [-0.25, -0.2) is 0 Å². The third kappa shape index (κ3) is 4.64. The number of hydrogen-bond donors (Lipinski definition) is 3. The highest BCUT2D eigenvalue weighted by Gasteiger charge is 2.49. The van der Waals surface area contributed by atoms with Crippen LogP contribution in [0.4, 0.5) is 0 Å².